The summed E-state index contributed by atoms with van der Waals surface area (Å²) in [5.41, 5.74) is 22.2. The molecule has 2 heteroatoms. The average molecular weight is 1780 g/mol. The first-order valence-electron chi connectivity index (χ1n) is 58.4. The Morgan fingerprint density at radius 2 is 0.277 bits per heavy atom. The van der Waals surface area contributed by atoms with Gasteiger partial charge in [-0.3, -0.25) is 0 Å². The van der Waals surface area contributed by atoms with Gasteiger partial charge in [0, 0.05) is 44.3 Å². The zero-order chi connectivity index (χ0) is 91.8. The van der Waals surface area contributed by atoms with E-state index in [1.165, 1.54) is 524 Å². The first-order valence-corrected chi connectivity index (χ1v) is 58.4. The van der Waals surface area contributed by atoms with Crippen molar-refractivity contribution < 1.29 is 0 Å². The Hall–Kier alpha value is -5.34. The number of anilines is 6. The zero-order valence-electron chi connectivity index (χ0n) is 87.6. The largest absolute Gasteiger partial charge is 0.309 e. The molecule has 7 aromatic carbocycles. The molecule has 0 heterocycles. The van der Waals surface area contributed by atoms with Crippen molar-refractivity contribution in [1.82, 2.24) is 0 Å². The van der Waals surface area contributed by atoms with Gasteiger partial charge in [-0.05, 0) is 220 Å². The van der Waals surface area contributed by atoms with Crippen LogP contribution < -0.4 is 9.80 Å². The summed E-state index contributed by atoms with van der Waals surface area (Å²) in [6.45, 7) is 21.3. The monoisotopic (exact) mass is 1770 g/mol. The molecule has 0 bridgehead atoms. The van der Waals surface area contributed by atoms with Crippen LogP contribution in [0.4, 0.5) is 34.1 Å². The van der Waals surface area contributed by atoms with E-state index in [0.717, 1.165) is 57.8 Å². The molecule has 0 fully saturated rings. The summed E-state index contributed by atoms with van der Waals surface area (Å²) in [6.07, 6.45) is 107. The van der Waals surface area contributed by atoms with Gasteiger partial charge in [0.15, 0.2) is 0 Å². The van der Waals surface area contributed by atoms with Crippen LogP contribution in [-0.4, -0.2) is 0 Å². The fraction of sp³-hybridized carbons (Fsp3) is 0.703. The molecule has 0 spiro atoms. The normalized spacial score (nSPS) is 11.8. The van der Waals surface area contributed by atoms with Crippen LogP contribution >= 0.6 is 0 Å². The summed E-state index contributed by atoms with van der Waals surface area (Å²) < 4.78 is 0. The lowest BCUT2D eigenvalue weighted by atomic mass is 9.91. The molecule has 0 aliphatic heterocycles. The molecule has 0 unspecified atom stereocenters. The summed E-state index contributed by atoms with van der Waals surface area (Å²) >= 11 is 0. The minimum atomic E-state index is 1.11. The molecule has 7 aromatic rings. The molecule has 0 aliphatic rings. The lowest BCUT2D eigenvalue weighted by molar-refractivity contribution is 0.574. The van der Waals surface area contributed by atoms with Crippen LogP contribution in [0.25, 0.3) is 21.5 Å². The fourth-order valence-corrected chi connectivity index (χ4v) is 21.4. The highest BCUT2D eigenvalue weighted by Gasteiger charge is 2.29. The lowest BCUT2D eigenvalue weighted by Gasteiger charge is -2.34. The number of rotatable bonds is 87. The maximum Gasteiger partial charge on any atom is 0.0620 e. The first-order chi connectivity index (χ1) is 64.3. The Morgan fingerprint density at radius 1 is 0.131 bits per heavy atom. The van der Waals surface area contributed by atoms with Gasteiger partial charge in [-0.15, -0.1) is 0 Å². The van der Waals surface area contributed by atoms with Crippen LogP contribution in [0.15, 0.2) is 115 Å². The van der Waals surface area contributed by atoms with E-state index in [1.807, 2.05) is 0 Å². The fourth-order valence-electron chi connectivity index (χ4n) is 21.4. The molecule has 7 rings (SSSR count). The maximum atomic E-state index is 2.96. The summed E-state index contributed by atoms with van der Waals surface area (Å²) in [5, 5.41) is 5.60. The lowest BCUT2D eigenvalue weighted by Crippen LogP contribution is -2.16. The van der Waals surface area contributed by atoms with Crippen molar-refractivity contribution >= 4 is 55.7 Å². The van der Waals surface area contributed by atoms with E-state index < -0.39 is 0 Å². The SMILES string of the molecule is CCCCCCCCCCc1cc(CCCCCCCCCC)cc(N(c2cc(CCCCCCCCCC)cc(CCCCCCCCCC)c2)c2c3ccccc3c(N(c3cc(CCCCCCCCCC)cc(CCCCCCCCCC)c3)c3cc(CCCCCCCCCC)cc(CCCCCCCCCC)c3)c3cc(CCCCCCCCCC)ccc23)c1. The topological polar surface area (TPSA) is 6.48 Å². The van der Waals surface area contributed by atoms with E-state index in [0.29, 0.717) is 0 Å². The molecule has 0 aliphatic carbocycles. The summed E-state index contributed by atoms with van der Waals surface area (Å²) in [4.78, 5) is 5.90. The smallest absolute Gasteiger partial charge is 0.0620 e. The van der Waals surface area contributed by atoms with Crippen molar-refractivity contribution in [1.29, 1.82) is 0 Å². The quantitative estimate of drug-likeness (QED) is 0.0213. The van der Waals surface area contributed by atoms with Crippen molar-refractivity contribution in [3.8, 4) is 0 Å². The highest BCUT2D eigenvalue weighted by Crippen LogP contribution is 2.53. The van der Waals surface area contributed by atoms with Gasteiger partial charge in [-0.1, -0.05) is 527 Å². The van der Waals surface area contributed by atoms with E-state index in [9.17, 15) is 0 Å². The Labute approximate surface area is 807 Å². The van der Waals surface area contributed by atoms with E-state index in [4.69, 9.17) is 0 Å². The Morgan fingerprint density at radius 3 is 0.454 bits per heavy atom. The standard InChI is InChI=1S/C128H208N2/c1-10-19-28-37-46-55-64-73-84-110-95-96-125-126(109-110)128(130(121-105-115(89-78-69-60-51-42-33-24-15-6)99-116(106-121)90-79-70-61-52-43-34-25-16-7)122-107-117(91-80-71-62-53-44-35-26-17-8)100-118(108-122)92-81-72-63-54-45-36-27-18-9)124-94-83-82-93-123(124)127(125)129(119-101-111(85-74-65-56-47-38-29-20-11-2)97-112(102-119)86-75-66-57-48-39-30-21-12-3)120-103-113(87-76-67-58-49-40-31-22-13-4)98-114(104-120)88-77-68-59-50-41-32-23-14-5/h82-83,93-109H,10-81,84-92H2,1-9H3. The third-order valence-electron chi connectivity index (χ3n) is 29.5. The van der Waals surface area contributed by atoms with E-state index in [1.54, 1.807) is 44.5 Å². The van der Waals surface area contributed by atoms with Crippen molar-refractivity contribution in [2.75, 3.05) is 9.80 Å². The molecule has 730 valence electrons. The van der Waals surface area contributed by atoms with Crippen molar-refractivity contribution in [2.45, 2.75) is 582 Å². The number of nitrogens with zero attached hydrogens (tertiary/aromatic N) is 2. The molecular weight excluding hydrogens is 1570 g/mol. The second kappa shape index (κ2) is 74.9. The molecule has 0 N–H and O–H groups in total. The Bertz CT molecular complexity index is 3550. The van der Waals surface area contributed by atoms with Crippen molar-refractivity contribution in [2.24, 2.45) is 0 Å². The maximum absolute atomic E-state index is 2.96. The molecule has 0 saturated heterocycles. The average Bonchev–Trinajstić information content (AvgIpc) is 0.717. The number of unbranched alkanes of at least 4 members (excludes halogenated alkanes) is 63. The van der Waals surface area contributed by atoms with Crippen LogP contribution in [0.1, 0.15) is 575 Å². The highest BCUT2D eigenvalue weighted by atomic mass is 15.2. The molecule has 0 amide bonds. The van der Waals surface area contributed by atoms with Gasteiger partial charge in [-0.25, -0.2) is 0 Å². The predicted molar refractivity (Wildman–Crippen MR) is 588 cm³/mol. The van der Waals surface area contributed by atoms with Gasteiger partial charge in [0.1, 0.15) is 0 Å². The van der Waals surface area contributed by atoms with Gasteiger partial charge >= 0.3 is 0 Å². The Kier molecular flexibility index (Phi) is 64.3. The summed E-state index contributed by atoms with van der Waals surface area (Å²) in [6, 6.07) is 51.2. The number of fused-ring (bicyclic) bond motifs is 2. The van der Waals surface area contributed by atoms with Gasteiger partial charge in [0.2, 0.25) is 0 Å². The van der Waals surface area contributed by atoms with Crippen LogP contribution in [-0.2, 0) is 57.8 Å². The van der Waals surface area contributed by atoms with Crippen LogP contribution in [0.3, 0.4) is 0 Å². The molecule has 130 heavy (non-hydrogen) atoms. The minimum Gasteiger partial charge on any atom is -0.309 e. The van der Waals surface area contributed by atoms with Crippen LogP contribution in [0.2, 0.25) is 0 Å². The van der Waals surface area contributed by atoms with Gasteiger partial charge in [0.25, 0.3) is 0 Å². The molecular formula is C128H208N2. The molecule has 0 atom stereocenters. The van der Waals surface area contributed by atoms with E-state index in [-0.39, 0.29) is 0 Å². The third-order valence-corrected chi connectivity index (χ3v) is 29.5. The highest BCUT2D eigenvalue weighted by molar-refractivity contribution is 6.23. The molecule has 2 nitrogen and oxygen atoms in total. The number of benzene rings is 7. The minimum absolute atomic E-state index is 1.11. The number of hydrogen-bond donors (Lipinski definition) is 0. The second-order valence-electron chi connectivity index (χ2n) is 41.8. The second-order valence-corrected chi connectivity index (χ2v) is 41.8. The van der Waals surface area contributed by atoms with Crippen LogP contribution in [0, 0.1) is 0 Å². The first kappa shape index (κ1) is 112. The van der Waals surface area contributed by atoms with Gasteiger partial charge < -0.3 is 9.80 Å². The summed E-state index contributed by atoms with van der Waals surface area (Å²) in [5.74, 6) is 0. The molecule has 0 saturated carbocycles. The van der Waals surface area contributed by atoms with Crippen LogP contribution in [0.5, 0.6) is 0 Å². The number of hydrogen-bond acceptors (Lipinski definition) is 2. The zero-order valence-corrected chi connectivity index (χ0v) is 87.6. The molecule has 0 aromatic heterocycles. The Balaban J connectivity index is 1.60. The molecule has 0 radical (unpaired) electrons. The van der Waals surface area contributed by atoms with Crippen molar-refractivity contribution in [3.63, 3.8) is 0 Å². The predicted octanol–water partition coefficient (Wildman–Crippen LogP) is 44.1. The number of aryl methyl sites for hydroxylation is 9. The summed E-state index contributed by atoms with van der Waals surface area (Å²) in [7, 11) is 0. The van der Waals surface area contributed by atoms with E-state index >= 15 is 0 Å². The van der Waals surface area contributed by atoms with Crippen molar-refractivity contribution in [3.05, 3.63) is 165 Å². The van der Waals surface area contributed by atoms with Gasteiger partial charge in [0.05, 0.1) is 11.4 Å². The third kappa shape index (κ3) is 46.9. The van der Waals surface area contributed by atoms with Gasteiger partial charge in [-0.2, -0.15) is 0 Å². The van der Waals surface area contributed by atoms with E-state index in [2.05, 4.69) is 187 Å².